The molecule has 36 heavy (non-hydrogen) atoms. The maximum Gasteiger partial charge on any atom is 0.262 e. The third-order valence-corrected chi connectivity index (χ3v) is 8.42. The molecule has 9 heteroatoms. The van der Waals surface area contributed by atoms with Gasteiger partial charge in [0.2, 0.25) is 0 Å². The summed E-state index contributed by atoms with van der Waals surface area (Å²) in [5.41, 5.74) is 3.16. The molecule has 0 unspecified atom stereocenters. The molecule has 0 radical (unpaired) electrons. The minimum absolute atomic E-state index is 0.00494. The summed E-state index contributed by atoms with van der Waals surface area (Å²) < 4.78 is 45.6. The molecule has 7 nitrogen and oxygen atoms in total. The van der Waals surface area contributed by atoms with Crippen molar-refractivity contribution >= 4 is 33.0 Å². The van der Waals surface area contributed by atoms with Crippen LogP contribution in [0.15, 0.2) is 71.6 Å². The summed E-state index contributed by atoms with van der Waals surface area (Å²) in [5, 5.41) is 4.04. The van der Waals surface area contributed by atoms with E-state index in [-0.39, 0.29) is 28.5 Å². The molecule has 3 aromatic carbocycles. The standard InChI is InChI=1S/C27H27ClN2O5S/c1-33-17-8-10-21(26(14-17)35-3)27-20-6-4-5-19(20)22-15-18(9-11-23(22)29-27)36(31,32)30-24-13-16(28)7-12-25(24)34-2/h4-5,7-15,19-20,27,29-30H,6H2,1-3H3/t19-,20+,27-/m0/s1. The van der Waals surface area contributed by atoms with Crippen LogP contribution >= 0.6 is 11.6 Å². The highest BCUT2D eigenvalue weighted by Gasteiger charge is 2.39. The molecule has 5 rings (SSSR count). The minimum atomic E-state index is -3.88. The second-order valence-electron chi connectivity index (χ2n) is 8.78. The fourth-order valence-corrected chi connectivity index (χ4v) is 6.35. The van der Waals surface area contributed by atoms with E-state index in [9.17, 15) is 8.42 Å². The molecule has 0 spiro atoms. The molecule has 2 aliphatic rings. The lowest BCUT2D eigenvalue weighted by Crippen LogP contribution is -2.29. The van der Waals surface area contributed by atoms with E-state index in [1.54, 1.807) is 38.5 Å². The Balaban J connectivity index is 1.50. The molecule has 0 saturated carbocycles. The van der Waals surface area contributed by atoms with Crippen LogP contribution in [0, 0.1) is 5.92 Å². The number of benzene rings is 3. The molecule has 3 atom stereocenters. The Labute approximate surface area is 216 Å². The zero-order valence-corrected chi connectivity index (χ0v) is 21.7. The predicted molar refractivity (Wildman–Crippen MR) is 141 cm³/mol. The van der Waals surface area contributed by atoms with Crippen molar-refractivity contribution in [2.24, 2.45) is 5.92 Å². The highest BCUT2D eigenvalue weighted by atomic mass is 35.5. The molecule has 1 aliphatic heterocycles. The van der Waals surface area contributed by atoms with Crippen LogP contribution in [0.4, 0.5) is 11.4 Å². The van der Waals surface area contributed by atoms with E-state index in [0.717, 1.165) is 34.7 Å². The SMILES string of the molecule is COc1ccc([C@H]2Nc3ccc(S(=O)(=O)Nc4cc(Cl)ccc4OC)cc3[C@H]3C=CC[C@H]32)c(OC)c1. The van der Waals surface area contributed by atoms with Gasteiger partial charge in [-0.1, -0.05) is 23.8 Å². The first-order valence-electron chi connectivity index (χ1n) is 11.5. The van der Waals surface area contributed by atoms with E-state index < -0.39 is 10.0 Å². The van der Waals surface area contributed by atoms with Crippen LogP contribution in [0.5, 0.6) is 17.2 Å². The van der Waals surface area contributed by atoms with Crippen LogP contribution in [0.3, 0.4) is 0 Å². The zero-order valence-electron chi connectivity index (χ0n) is 20.1. The summed E-state index contributed by atoms with van der Waals surface area (Å²) in [6.45, 7) is 0. The smallest absolute Gasteiger partial charge is 0.262 e. The maximum atomic E-state index is 13.3. The van der Waals surface area contributed by atoms with Crippen LogP contribution < -0.4 is 24.2 Å². The lowest BCUT2D eigenvalue weighted by Gasteiger charge is -2.38. The number of hydrogen-bond acceptors (Lipinski definition) is 6. The molecule has 3 aromatic rings. The van der Waals surface area contributed by atoms with E-state index in [1.165, 1.54) is 13.2 Å². The number of allylic oxidation sites excluding steroid dienone is 2. The summed E-state index contributed by atoms with van der Waals surface area (Å²) in [4.78, 5) is 0.171. The van der Waals surface area contributed by atoms with Crippen molar-refractivity contribution in [3.05, 3.63) is 82.9 Å². The number of sulfonamides is 1. The van der Waals surface area contributed by atoms with Gasteiger partial charge in [0.15, 0.2) is 0 Å². The summed E-state index contributed by atoms with van der Waals surface area (Å²) in [6.07, 6.45) is 5.19. The van der Waals surface area contributed by atoms with Gasteiger partial charge in [-0.2, -0.15) is 0 Å². The first-order valence-corrected chi connectivity index (χ1v) is 13.4. The van der Waals surface area contributed by atoms with Crippen LogP contribution in [-0.4, -0.2) is 29.7 Å². The van der Waals surface area contributed by atoms with E-state index in [1.807, 2.05) is 24.3 Å². The Bertz CT molecular complexity index is 1440. The van der Waals surface area contributed by atoms with Crippen molar-refractivity contribution in [3.63, 3.8) is 0 Å². The Kier molecular flexibility index (Phi) is 6.49. The molecule has 0 fully saturated rings. The molecule has 0 aromatic heterocycles. The van der Waals surface area contributed by atoms with E-state index in [4.69, 9.17) is 25.8 Å². The molecule has 2 N–H and O–H groups in total. The largest absolute Gasteiger partial charge is 0.497 e. The Hall–Kier alpha value is -3.36. The Morgan fingerprint density at radius 1 is 0.917 bits per heavy atom. The van der Waals surface area contributed by atoms with E-state index >= 15 is 0 Å². The number of anilines is 2. The van der Waals surface area contributed by atoms with Gasteiger partial charge in [0.05, 0.1) is 38.0 Å². The van der Waals surface area contributed by atoms with Gasteiger partial charge < -0.3 is 19.5 Å². The van der Waals surface area contributed by atoms with Gasteiger partial charge in [0.1, 0.15) is 17.2 Å². The molecule has 188 valence electrons. The van der Waals surface area contributed by atoms with Gasteiger partial charge in [-0.15, -0.1) is 0 Å². The number of ether oxygens (including phenoxy) is 3. The first kappa shape index (κ1) is 24.3. The minimum Gasteiger partial charge on any atom is -0.497 e. The molecule has 0 saturated heterocycles. The number of fused-ring (bicyclic) bond motifs is 3. The summed E-state index contributed by atoms with van der Waals surface area (Å²) in [7, 11) is 0.875. The Morgan fingerprint density at radius 3 is 2.47 bits per heavy atom. The topological polar surface area (TPSA) is 85.9 Å². The normalized spacial score (nSPS) is 20.2. The van der Waals surface area contributed by atoms with Gasteiger partial charge in [-0.3, -0.25) is 4.72 Å². The van der Waals surface area contributed by atoms with Gasteiger partial charge in [0.25, 0.3) is 10.0 Å². The number of nitrogens with one attached hydrogen (secondary N) is 2. The summed E-state index contributed by atoms with van der Waals surface area (Å²) >= 11 is 6.08. The fraction of sp³-hybridized carbons (Fsp3) is 0.259. The highest BCUT2D eigenvalue weighted by molar-refractivity contribution is 7.92. The second kappa shape index (κ2) is 9.59. The van der Waals surface area contributed by atoms with Gasteiger partial charge in [-0.05, 0) is 66.4 Å². The average molecular weight is 527 g/mol. The van der Waals surface area contributed by atoms with Crippen molar-refractivity contribution in [2.45, 2.75) is 23.3 Å². The summed E-state index contributed by atoms with van der Waals surface area (Å²) in [5.74, 6) is 2.14. The number of hydrogen-bond donors (Lipinski definition) is 2. The van der Waals surface area contributed by atoms with Crippen molar-refractivity contribution in [1.29, 1.82) is 0 Å². The van der Waals surface area contributed by atoms with Crippen molar-refractivity contribution in [3.8, 4) is 17.2 Å². The third-order valence-electron chi connectivity index (χ3n) is 6.83. The van der Waals surface area contributed by atoms with Crippen molar-refractivity contribution in [1.82, 2.24) is 0 Å². The third kappa shape index (κ3) is 4.35. The van der Waals surface area contributed by atoms with E-state index in [2.05, 4.69) is 22.2 Å². The summed E-state index contributed by atoms with van der Waals surface area (Å²) in [6, 6.07) is 15.8. The first-order chi connectivity index (χ1) is 17.3. The van der Waals surface area contributed by atoms with E-state index in [0.29, 0.717) is 10.8 Å². The molecule has 0 amide bonds. The molecule has 1 aliphatic carbocycles. The molecule has 1 heterocycles. The highest BCUT2D eigenvalue weighted by Crippen LogP contribution is 2.51. The van der Waals surface area contributed by atoms with Crippen LogP contribution in [0.25, 0.3) is 0 Å². The average Bonchev–Trinajstić information content (AvgIpc) is 3.38. The van der Waals surface area contributed by atoms with Gasteiger partial charge in [-0.25, -0.2) is 8.42 Å². The quantitative estimate of drug-likeness (QED) is 0.368. The maximum absolute atomic E-state index is 13.3. The van der Waals surface area contributed by atoms with Crippen LogP contribution in [0.1, 0.15) is 29.5 Å². The van der Waals surface area contributed by atoms with Crippen LogP contribution in [0.2, 0.25) is 5.02 Å². The molecular weight excluding hydrogens is 500 g/mol. The van der Waals surface area contributed by atoms with Crippen molar-refractivity contribution in [2.75, 3.05) is 31.4 Å². The fourth-order valence-electron chi connectivity index (χ4n) is 5.09. The van der Waals surface area contributed by atoms with Gasteiger partial charge >= 0.3 is 0 Å². The second-order valence-corrected chi connectivity index (χ2v) is 10.9. The number of methoxy groups -OCH3 is 3. The lowest BCUT2D eigenvalue weighted by molar-refractivity contribution is 0.372. The zero-order chi connectivity index (χ0) is 25.4. The lowest BCUT2D eigenvalue weighted by atomic mass is 9.77. The number of halogens is 1. The number of rotatable bonds is 7. The van der Waals surface area contributed by atoms with Crippen LogP contribution in [-0.2, 0) is 10.0 Å². The molecule has 0 bridgehead atoms. The molecular formula is C27H27ClN2O5S. The van der Waals surface area contributed by atoms with Gasteiger partial charge in [0, 0.05) is 28.3 Å². The monoisotopic (exact) mass is 526 g/mol. The van der Waals surface area contributed by atoms with Crippen molar-refractivity contribution < 1.29 is 22.6 Å². The predicted octanol–water partition coefficient (Wildman–Crippen LogP) is 5.99. The Morgan fingerprint density at radius 2 is 1.72 bits per heavy atom.